The lowest BCUT2D eigenvalue weighted by Crippen LogP contribution is -2.45. The Morgan fingerprint density at radius 3 is 2.92 bits per heavy atom. The number of likely N-dealkylation sites (tertiary alicyclic amines) is 1. The standard InChI is InChI=1S/C27H30N6O3/c1-2-3-11-29-26(34)20-8-5-12-32(17-20)27(35)22-14-24(19-7-4-10-28-15-19)31-25-23(22)16-30-33(25)18-21-9-6-13-36-21/h4,6-7,9-10,13-16,20H,2-3,5,8,11-12,17-18H2,1H3,(H,29,34). The summed E-state index contributed by atoms with van der Waals surface area (Å²) in [5, 5.41) is 8.22. The molecular formula is C27H30N6O3. The van der Waals surface area contributed by atoms with Crippen molar-refractivity contribution >= 4 is 22.8 Å². The second-order valence-electron chi connectivity index (χ2n) is 9.15. The first kappa shape index (κ1) is 23.7. The van der Waals surface area contributed by atoms with E-state index in [1.54, 1.807) is 34.4 Å². The minimum absolute atomic E-state index is 0.0307. The number of amides is 2. The Morgan fingerprint density at radius 2 is 2.14 bits per heavy atom. The van der Waals surface area contributed by atoms with Crippen molar-refractivity contribution in [3.8, 4) is 11.3 Å². The van der Waals surface area contributed by atoms with Gasteiger partial charge in [-0.3, -0.25) is 14.6 Å². The van der Waals surface area contributed by atoms with Crippen LogP contribution in [0, 0.1) is 5.92 Å². The van der Waals surface area contributed by atoms with Crippen molar-refractivity contribution in [3.63, 3.8) is 0 Å². The molecule has 5 heterocycles. The molecule has 9 heteroatoms. The monoisotopic (exact) mass is 486 g/mol. The number of carbonyl (C=O) groups excluding carboxylic acids is 2. The molecule has 0 spiro atoms. The Kier molecular flexibility index (Phi) is 7.06. The summed E-state index contributed by atoms with van der Waals surface area (Å²) in [6.45, 7) is 4.19. The fourth-order valence-electron chi connectivity index (χ4n) is 4.63. The van der Waals surface area contributed by atoms with Gasteiger partial charge in [-0.1, -0.05) is 13.3 Å². The van der Waals surface area contributed by atoms with Gasteiger partial charge in [0.1, 0.15) is 12.3 Å². The molecule has 1 unspecified atom stereocenters. The van der Waals surface area contributed by atoms with E-state index in [9.17, 15) is 9.59 Å². The molecular weight excluding hydrogens is 456 g/mol. The number of carbonyl (C=O) groups is 2. The van der Waals surface area contributed by atoms with Crippen LogP contribution in [0.15, 0.2) is 59.6 Å². The molecule has 1 fully saturated rings. The fourth-order valence-corrected chi connectivity index (χ4v) is 4.63. The van der Waals surface area contributed by atoms with Gasteiger partial charge in [0.15, 0.2) is 5.65 Å². The first-order chi connectivity index (χ1) is 17.6. The summed E-state index contributed by atoms with van der Waals surface area (Å²) in [6.07, 6.45) is 10.3. The summed E-state index contributed by atoms with van der Waals surface area (Å²) in [5.74, 6) is 0.463. The lowest BCUT2D eigenvalue weighted by atomic mass is 9.96. The number of furan rings is 1. The van der Waals surface area contributed by atoms with Gasteiger partial charge in [0.2, 0.25) is 5.91 Å². The van der Waals surface area contributed by atoms with E-state index in [1.807, 2.05) is 30.3 Å². The van der Waals surface area contributed by atoms with Crippen LogP contribution in [0.25, 0.3) is 22.3 Å². The molecule has 186 valence electrons. The Balaban J connectivity index is 1.47. The van der Waals surface area contributed by atoms with Gasteiger partial charge in [-0.15, -0.1) is 0 Å². The normalized spacial score (nSPS) is 15.8. The predicted molar refractivity (Wildman–Crippen MR) is 135 cm³/mol. The van der Waals surface area contributed by atoms with Crippen LogP contribution in [-0.4, -0.2) is 56.1 Å². The smallest absolute Gasteiger partial charge is 0.254 e. The molecule has 5 rings (SSSR count). The SMILES string of the molecule is CCCCNC(=O)C1CCCN(C(=O)c2cc(-c3cccnc3)nc3c2cnn3Cc2ccco2)C1. The van der Waals surface area contributed by atoms with Crippen LogP contribution in [0.2, 0.25) is 0 Å². The topological polar surface area (TPSA) is 106 Å². The third-order valence-corrected chi connectivity index (χ3v) is 6.59. The number of fused-ring (bicyclic) bond motifs is 1. The molecule has 1 aliphatic rings. The Labute approximate surface area is 209 Å². The summed E-state index contributed by atoms with van der Waals surface area (Å²) in [6, 6.07) is 9.28. The van der Waals surface area contributed by atoms with Crippen molar-refractivity contribution in [1.82, 2.24) is 30.0 Å². The molecule has 1 N–H and O–H groups in total. The summed E-state index contributed by atoms with van der Waals surface area (Å²) in [5.41, 5.74) is 2.58. The van der Waals surface area contributed by atoms with Crippen molar-refractivity contribution in [2.75, 3.05) is 19.6 Å². The molecule has 0 bridgehead atoms. The maximum Gasteiger partial charge on any atom is 0.254 e. The van der Waals surface area contributed by atoms with E-state index < -0.39 is 0 Å². The molecule has 1 atom stereocenters. The third-order valence-electron chi connectivity index (χ3n) is 6.59. The fraction of sp³-hybridized carbons (Fsp3) is 0.370. The van der Waals surface area contributed by atoms with Crippen LogP contribution in [0.4, 0.5) is 0 Å². The van der Waals surface area contributed by atoms with E-state index in [0.717, 1.165) is 37.0 Å². The number of nitrogens with zero attached hydrogens (tertiary/aromatic N) is 5. The van der Waals surface area contributed by atoms with E-state index in [1.165, 1.54) is 0 Å². The Hall–Kier alpha value is -4.01. The number of unbranched alkanes of at least 4 members (excludes halogenated alkanes) is 1. The number of aromatic nitrogens is 4. The van der Waals surface area contributed by atoms with Gasteiger partial charge < -0.3 is 14.6 Å². The van der Waals surface area contributed by atoms with E-state index in [0.29, 0.717) is 48.5 Å². The lowest BCUT2D eigenvalue weighted by molar-refractivity contribution is -0.126. The molecule has 1 aliphatic heterocycles. The van der Waals surface area contributed by atoms with Crippen LogP contribution < -0.4 is 5.32 Å². The number of pyridine rings is 2. The van der Waals surface area contributed by atoms with Crippen molar-refractivity contribution in [1.29, 1.82) is 0 Å². The van der Waals surface area contributed by atoms with Crippen LogP contribution in [-0.2, 0) is 11.3 Å². The molecule has 1 saturated heterocycles. The maximum absolute atomic E-state index is 13.8. The minimum atomic E-state index is -0.198. The zero-order valence-electron chi connectivity index (χ0n) is 20.4. The number of hydrogen-bond donors (Lipinski definition) is 1. The van der Waals surface area contributed by atoms with Gasteiger partial charge in [0.25, 0.3) is 5.91 Å². The second-order valence-corrected chi connectivity index (χ2v) is 9.15. The van der Waals surface area contributed by atoms with Crippen LogP contribution in [0.1, 0.15) is 48.7 Å². The lowest BCUT2D eigenvalue weighted by Gasteiger charge is -2.32. The first-order valence-electron chi connectivity index (χ1n) is 12.5. The Bertz CT molecular complexity index is 1330. The van der Waals surface area contributed by atoms with E-state index >= 15 is 0 Å². The molecule has 9 nitrogen and oxygen atoms in total. The molecule has 2 amide bonds. The second kappa shape index (κ2) is 10.7. The first-order valence-corrected chi connectivity index (χ1v) is 12.5. The molecule has 0 saturated carbocycles. The van der Waals surface area contributed by atoms with Crippen molar-refractivity contribution in [2.24, 2.45) is 5.92 Å². The molecule has 4 aromatic heterocycles. The zero-order chi connectivity index (χ0) is 24.9. The van der Waals surface area contributed by atoms with Crippen molar-refractivity contribution in [3.05, 3.63) is 66.5 Å². The average Bonchev–Trinajstić information content (AvgIpc) is 3.59. The highest BCUT2D eigenvalue weighted by Crippen LogP contribution is 2.28. The molecule has 4 aromatic rings. The van der Waals surface area contributed by atoms with Gasteiger partial charge >= 0.3 is 0 Å². The number of piperidine rings is 1. The van der Waals surface area contributed by atoms with Gasteiger partial charge in [-0.2, -0.15) is 5.10 Å². The summed E-state index contributed by atoms with van der Waals surface area (Å²) in [4.78, 5) is 37.4. The highest BCUT2D eigenvalue weighted by molar-refractivity contribution is 6.06. The maximum atomic E-state index is 13.8. The van der Waals surface area contributed by atoms with Gasteiger partial charge in [-0.05, 0) is 49.6 Å². The highest BCUT2D eigenvalue weighted by atomic mass is 16.3. The summed E-state index contributed by atoms with van der Waals surface area (Å²) < 4.78 is 7.24. The summed E-state index contributed by atoms with van der Waals surface area (Å²) >= 11 is 0. The van der Waals surface area contributed by atoms with Gasteiger partial charge in [-0.25, -0.2) is 9.67 Å². The quantitative estimate of drug-likeness (QED) is 0.379. The minimum Gasteiger partial charge on any atom is -0.467 e. The zero-order valence-corrected chi connectivity index (χ0v) is 20.4. The highest BCUT2D eigenvalue weighted by Gasteiger charge is 2.30. The summed E-state index contributed by atoms with van der Waals surface area (Å²) in [7, 11) is 0. The number of rotatable bonds is 8. The largest absolute Gasteiger partial charge is 0.467 e. The molecule has 36 heavy (non-hydrogen) atoms. The van der Waals surface area contributed by atoms with Crippen LogP contribution >= 0.6 is 0 Å². The van der Waals surface area contributed by atoms with Gasteiger partial charge in [0, 0.05) is 37.6 Å². The average molecular weight is 487 g/mol. The Morgan fingerprint density at radius 1 is 1.22 bits per heavy atom. The predicted octanol–water partition coefficient (Wildman–Crippen LogP) is 3.90. The number of nitrogens with one attached hydrogen (secondary N) is 1. The van der Waals surface area contributed by atoms with E-state index in [2.05, 4.69) is 22.3 Å². The van der Waals surface area contributed by atoms with Crippen molar-refractivity contribution in [2.45, 2.75) is 39.2 Å². The molecule has 0 aliphatic carbocycles. The molecule has 0 aromatic carbocycles. The third kappa shape index (κ3) is 5.00. The van der Waals surface area contributed by atoms with Crippen LogP contribution in [0.3, 0.4) is 0 Å². The van der Waals surface area contributed by atoms with Crippen LogP contribution in [0.5, 0.6) is 0 Å². The van der Waals surface area contributed by atoms with Gasteiger partial charge in [0.05, 0.1) is 35.0 Å². The van der Waals surface area contributed by atoms with E-state index in [-0.39, 0.29) is 17.7 Å². The molecule has 0 radical (unpaired) electrons. The number of hydrogen-bond acceptors (Lipinski definition) is 6. The van der Waals surface area contributed by atoms with E-state index in [4.69, 9.17) is 9.40 Å². The van der Waals surface area contributed by atoms with Crippen molar-refractivity contribution < 1.29 is 14.0 Å².